The molecule has 0 fully saturated rings. The Hall–Kier alpha value is -3.12. The highest BCUT2D eigenvalue weighted by atomic mass is 19.4. The van der Waals surface area contributed by atoms with Gasteiger partial charge in [-0.3, -0.25) is 9.89 Å². The molecule has 0 unspecified atom stereocenters. The summed E-state index contributed by atoms with van der Waals surface area (Å²) in [6.07, 6.45) is -3.47. The molecule has 3 rings (SSSR count). The Bertz CT molecular complexity index is 947. The predicted octanol–water partition coefficient (Wildman–Crippen LogP) is 5.64. The van der Waals surface area contributed by atoms with E-state index in [1.165, 1.54) is 11.9 Å². The first-order valence-corrected chi connectivity index (χ1v) is 10.5. The molecule has 0 atom stereocenters. The van der Waals surface area contributed by atoms with E-state index in [1.807, 2.05) is 60.7 Å². The molecule has 0 bridgehead atoms. The lowest BCUT2D eigenvalue weighted by atomic mass is 10.0. The smallest absolute Gasteiger partial charge is 0.401 e. The minimum atomic E-state index is -4.20. The number of benzene rings is 3. The van der Waals surface area contributed by atoms with Crippen molar-refractivity contribution >= 4 is 5.71 Å². The number of hydrogen-bond donors (Lipinski definition) is 0. The van der Waals surface area contributed by atoms with Crippen LogP contribution in [0.1, 0.15) is 16.7 Å². The van der Waals surface area contributed by atoms with Gasteiger partial charge in [0.15, 0.2) is 0 Å². The molecule has 32 heavy (non-hydrogen) atoms. The summed E-state index contributed by atoms with van der Waals surface area (Å²) < 4.78 is 42.9. The first-order valence-electron chi connectivity index (χ1n) is 10.5. The van der Waals surface area contributed by atoms with Crippen LogP contribution >= 0.6 is 0 Å². The maximum atomic E-state index is 12.4. The Balaban J connectivity index is 1.59. The van der Waals surface area contributed by atoms with Crippen LogP contribution in [0.25, 0.3) is 0 Å². The highest BCUT2D eigenvalue weighted by molar-refractivity contribution is 6.12. The third-order valence-corrected chi connectivity index (χ3v) is 4.85. The lowest BCUT2D eigenvalue weighted by molar-refractivity contribution is -0.143. The molecule has 0 N–H and O–H groups in total. The topological polar surface area (TPSA) is 24.8 Å². The Morgan fingerprint density at radius 2 is 1.50 bits per heavy atom. The Labute approximate surface area is 187 Å². The molecular formula is C26H27F3N2O. The number of nitrogens with zero attached hydrogens (tertiary/aromatic N) is 2. The van der Waals surface area contributed by atoms with E-state index in [-0.39, 0.29) is 13.2 Å². The van der Waals surface area contributed by atoms with Gasteiger partial charge >= 0.3 is 6.18 Å². The molecule has 0 radical (unpaired) electrons. The van der Waals surface area contributed by atoms with Gasteiger partial charge in [-0.2, -0.15) is 13.2 Å². The van der Waals surface area contributed by atoms with E-state index in [0.29, 0.717) is 12.3 Å². The van der Waals surface area contributed by atoms with Crippen molar-refractivity contribution in [3.63, 3.8) is 0 Å². The van der Waals surface area contributed by atoms with Crippen molar-refractivity contribution in [1.82, 2.24) is 4.90 Å². The SMILES string of the molecule is CN(CCOc1cccc(CCN=C(c2ccccc2)c2ccccc2)c1)CC(F)(F)F. The van der Waals surface area contributed by atoms with E-state index in [4.69, 9.17) is 9.73 Å². The summed E-state index contributed by atoms with van der Waals surface area (Å²) in [7, 11) is 1.43. The zero-order valence-corrected chi connectivity index (χ0v) is 18.1. The maximum Gasteiger partial charge on any atom is 0.401 e. The first-order chi connectivity index (χ1) is 15.4. The summed E-state index contributed by atoms with van der Waals surface area (Å²) in [6.45, 7) is 0.0579. The first kappa shape index (κ1) is 23.5. The summed E-state index contributed by atoms with van der Waals surface area (Å²) in [5, 5.41) is 0. The van der Waals surface area contributed by atoms with Gasteiger partial charge in [-0.25, -0.2) is 0 Å². The number of halogens is 3. The number of rotatable bonds is 10. The van der Waals surface area contributed by atoms with Crippen molar-refractivity contribution in [2.24, 2.45) is 4.99 Å². The normalized spacial score (nSPS) is 11.4. The van der Waals surface area contributed by atoms with Crippen LogP contribution in [0.5, 0.6) is 5.75 Å². The fraction of sp³-hybridized carbons (Fsp3) is 0.269. The summed E-state index contributed by atoms with van der Waals surface area (Å²) in [6, 6.07) is 27.8. The van der Waals surface area contributed by atoms with E-state index >= 15 is 0 Å². The molecule has 0 spiro atoms. The van der Waals surface area contributed by atoms with Crippen LogP contribution in [-0.4, -0.2) is 50.1 Å². The Morgan fingerprint density at radius 3 is 2.09 bits per heavy atom. The van der Waals surface area contributed by atoms with Gasteiger partial charge < -0.3 is 4.74 Å². The Kier molecular flexibility index (Phi) is 8.45. The van der Waals surface area contributed by atoms with Gasteiger partial charge in [0.1, 0.15) is 12.4 Å². The van der Waals surface area contributed by atoms with E-state index in [2.05, 4.69) is 24.3 Å². The molecule has 3 nitrogen and oxygen atoms in total. The third-order valence-electron chi connectivity index (χ3n) is 4.85. The lowest BCUT2D eigenvalue weighted by Gasteiger charge is -2.18. The van der Waals surface area contributed by atoms with E-state index in [1.54, 1.807) is 0 Å². The maximum absolute atomic E-state index is 12.4. The van der Waals surface area contributed by atoms with Crippen LogP contribution in [0, 0.1) is 0 Å². The van der Waals surface area contributed by atoms with Gasteiger partial charge in [0.05, 0.1) is 12.3 Å². The minimum Gasteiger partial charge on any atom is -0.492 e. The van der Waals surface area contributed by atoms with Crippen molar-refractivity contribution in [3.8, 4) is 5.75 Å². The number of aliphatic imine (C=N–C) groups is 1. The summed E-state index contributed by atoms with van der Waals surface area (Å²) in [5.41, 5.74) is 4.15. The molecule has 0 saturated heterocycles. The molecule has 0 aromatic heterocycles. The standard InChI is InChI=1S/C26H27F3N2O/c1-31(20-26(27,28)29)17-18-32-24-14-8-9-21(19-24)15-16-30-25(22-10-4-2-5-11-22)23-12-6-3-7-13-23/h2-14,19H,15-18,20H2,1H3. The number of ether oxygens (including phenoxy) is 1. The highest BCUT2D eigenvalue weighted by Gasteiger charge is 2.28. The van der Waals surface area contributed by atoms with Gasteiger partial charge in [-0.1, -0.05) is 72.8 Å². The van der Waals surface area contributed by atoms with Crippen LogP contribution in [0.2, 0.25) is 0 Å². The summed E-state index contributed by atoms with van der Waals surface area (Å²) in [4.78, 5) is 6.07. The van der Waals surface area contributed by atoms with Gasteiger partial charge in [0, 0.05) is 24.2 Å². The van der Waals surface area contributed by atoms with E-state index < -0.39 is 12.7 Å². The van der Waals surface area contributed by atoms with Crippen molar-refractivity contribution < 1.29 is 17.9 Å². The fourth-order valence-electron chi connectivity index (χ4n) is 3.33. The minimum absolute atomic E-state index is 0.195. The molecule has 0 aliphatic rings. The quantitative estimate of drug-likeness (QED) is 0.381. The van der Waals surface area contributed by atoms with E-state index in [0.717, 1.165) is 28.8 Å². The predicted molar refractivity (Wildman–Crippen MR) is 123 cm³/mol. The molecule has 0 saturated carbocycles. The molecule has 0 aliphatic heterocycles. The van der Waals surface area contributed by atoms with Crippen molar-refractivity contribution in [1.29, 1.82) is 0 Å². The monoisotopic (exact) mass is 440 g/mol. The van der Waals surface area contributed by atoms with Gasteiger partial charge in [-0.15, -0.1) is 0 Å². The Morgan fingerprint density at radius 1 is 0.875 bits per heavy atom. The zero-order valence-electron chi connectivity index (χ0n) is 18.1. The fourth-order valence-corrected chi connectivity index (χ4v) is 3.33. The average Bonchev–Trinajstić information content (AvgIpc) is 2.77. The van der Waals surface area contributed by atoms with Crippen LogP contribution in [0.15, 0.2) is 89.9 Å². The van der Waals surface area contributed by atoms with Crippen LogP contribution < -0.4 is 4.74 Å². The van der Waals surface area contributed by atoms with Crippen molar-refractivity contribution in [2.45, 2.75) is 12.6 Å². The van der Waals surface area contributed by atoms with Crippen LogP contribution in [0.3, 0.4) is 0 Å². The molecule has 3 aromatic carbocycles. The summed E-state index contributed by atoms with van der Waals surface area (Å²) in [5.74, 6) is 0.651. The van der Waals surface area contributed by atoms with Crippen LogP contribution in [-0.2, 0) is 6.42 Å². The van der Waals surface area contributed by atoms with E-state index in [9.17, 15) is 13.2 Å². The molecule has 0 heterocycles. The molecule has 3 aromatic rings. The molecule has 0 amide bonds. The second kappa shape index (κ2) is 11.5. The molecule has 6 heteroatoms. The number of alkyl halides is 3. The van der Waals surface area contributed by atoms with Gasteiger partial charge in [0.25, 0.3) is 0 Å². The number of hydrogen-bond acceptors (Lipinski definition) is 3. The highest BCUT2D eigenvalue weighted by Crippen LogP contribution is 2.17. The lowest BCUT2D eigenvalue weighted by Crippen LogP contribution is -2.33. The molecular weight excluding hydrogens is 413 g/mol. The largest absolute Gasteiger partial charge is 0.492 e. The molecule has 0 aliphatic carbocycles. The van der Waals surface area contributed by atoms with Crippen molar-refractivity contribution in [3.05, 3.63) is 102 Å². The summed E-state index contributed by atoms with van der Waals surface area (Å²) >= 11 is 0. The molecule has 168 valence electrons. The average molecular weight is 441 g/mol. The van der Waals surface area contributed by atoms with Crippen LogP contribution in [0.4, 0.5) is 13.2 Å². The van der Waals surface area contributed by atoms with Gasteiger partial charge in [0.2, 0.25) is 0 Å². The van der Waals surface area contributed by atoms with Crippen molar-refractivity contribution in [2.75, 3.05) is 33.3 Å². The second-order valence-corrected chi connectivity index (χ2v) is 7.56. The second-order valence-electron chi connectivity index (χ2n) is 7.56. The zero-order chi connectivity index (χ0) is 22.8. The number of likely N-dealkylation sites (N-methyl/N-ethyl adjacent to an activating group) is 1. The van der Waals surface area contributed by atoms with Gasteiger partial charge in [-0.05, 0) is 31.2 Å². The third kappa shape index (κ3) is 7.85.